The Labute approximate surface area is 111 Å². The maximum atomic E-state index is 11.8. The summed E-state index contributed by atoms with van der Waals surface area (Å²) >= 11 is 0. The summed E-state index contributed by atoms with van der Waals surface area (Å²) < 4.78 is 0. The van der Waals surface area contributed by atoms with E-state index in [9.17, 15) is 4.79 Å². The van der Waals surface area contributed by atoms with Gasteiger partial charge < -0.3 is 11.1 Å². The summed E-state index contributed by atoms with van der Waals surface area (Å²) in [7, 11) is 0. The fraction of sp³-hybridized carbons (Fsp3) is 0.923. The lowest BCUT2D eigenvalue weighted by Crippen LogP contribution is -2.35. The van der Waals surface area contributed by atoms with Crippen LogP contribution in [0.25, 0.3) is 0 Å². The van der Waals surface area contributed by atoms with E-state index in [-0.39, 0.29) is 24.2 Å². The standard InChI is InChI=1S/C13H26N2O.ClH/c1-2-12(13(16)15-9-8-14)10-11-6-4-3-5-7-11;/h11-12H,2-10,14H2,1H3,(H,15,16);1H. The Morgan fingerprint density at radius 3 is 2.53 bits per heavy atom. The fourth-order valence-corrected chi connectivity index (χ4v) is 2.62. The van der Waals surface area contributed by atoms with Crippen molar-refractivity contribution in [2.24, 2.45) is 17.6 Å². The van der Waals surface area contributed by atoms with E-state index in [0.717, 1.165) is 18.8 Å². The van der Waals surface area contributed by atoms with Crippen LogP contribution in [0.3, 0.4) is 0 Å². The summed E-state index contributed by atoms with van der Waals surface area (Å²) in [5.74, 6) is 1.19. The third kappa shape index (κ3) is 6.27. The monoisotopic (exact) mass is 262 g/mol. The van der Waals surface area contributed by atoms with Gasteiger partial charge in [0.2, 0.25) is 5.91 Å². The van der Waals surface area contributed by atoms with Crippen LogP contribution in [-0.2, 0) is 4.79 Å². The minimum absolute atomic E-state index is 0. The van der Waals surface area contributed by atoms with Crippen LogP contribution in [0.1, 0.15) is 51.9 Å². The molecule has 0 aromatic heterocycles. The topological polar surface area (TPSA) is 55.1 Å². The fourth-order valence-electron chi connectivity index (χ4n) is 2.62. The van der Waals surface area contributed by atoms with E-state index < -0.39 is 0 Å². The van der Waals surface area contributed by atoms with Crippen molar-refractivity contribution >= 4 is 18.3 Å². The zero-order valence-electron chi connectivity index (χ0n) is 10.9. The molecule has 0 bridgehead atoms. The zero-order chi connectivity index (χ0) is 11.8. The second kappa shape index (κ2) is 9.72. The zero-order valence-corrected chi connectivity index (χ0v) is 11.7. The van der Waals surface area contributed by atoms with Gasteiger partial charge in [0.1, 0.15) is 0 Å². The summed E-state index contributed by atoms with van der Waals surface area (Å²) in [5, 5.41) is 2.91. The van der Waals surface area contributed by atoms with Crippen molar-refractivity contribution in [2.45, 2.75) is 51.9 Å². The third-order valence-electron chi connectivity index (χ3n) is 3.65. The minimum Gasteiger partial charge on any atom is -0.355 e. The van der Waals surface area contributed by atoms with Crippen molar-refractivity contribution in [1.29, 1.82) is 0 Å². The molecule has 102 valence electrons. The number of amides is 1. The molecule has 1 saturated carbocycles. The molecule has 3 N–H and O–H groups in total. The summed E-state index contributed by atoms with van der Waals surface area (Å²) in [5.41, 5.74) is 5.39. The van der Waals surface area contributed by atoms with Gasteiger partial charge in [-0.3, -0.25) is 4.79 Å². The highest BCUT2D eigenvalue weighted by Crippen LogP contribution is 2.30. The predicted molar refractivity (Wildman–Crippen MR) is 74.3 cm³/mol. The average molecular weight is 263 g/mol. The van der Waals surface area contributed by atoms with E-state index in [1.807, 2.05) is 0 Å². The Balaban J connectivity index is 0.00000256. The highest BCUT2D eigenvalue weighted by atomic mass is 35.5. The third-order valence-corrected chi connectivity index (χ3v) is 3.65. The lowest BCUT2D eigenvalue weighted by atomic mass is 9.82. The molecule has 1 aliphatic carbocycles. The molecule has 1 amide bonds. The van der Waals surface area contributed by atoms with Gasteiger partial charge in [0.15, 0.2) is 0 Å². The number of hydrogen-bond donors (Lipinski definition) is 2. The Hall–Kier alpha value is -0.280. The highest BCUT2D eigenvalue weighted by molar-refractivity contribution is 5.85. The molecule has 17 heavy (non-hydrogen) atoms. The molecule has 0 aromatic carbocycles. The number of hydrogen-bond acceptors (Lipinski definition) is 2. The summed E-state index contributed by atoms with van der Waals surface area (Å²) in [6.45, 7) is 3.25. The molecule has 0 saturated heterocycles. The van der Waals surface area contributed by atoms with Crippen LogP contribution >= 0.6 is 12.4 Å². The quantitative estimate of drug-likeness (QED) is 0.773. The number of nitrogens with two attached hydrogens (primary N) is 1. The molecule has 0 aliphatic heterocycles. The van der Waals surface area contributed by atoms with E-state index in [1.54, 1.807) is 0 Å². The largest absolute Gasteiger partial charge is 0.355 e. The first-order valence-electron chi connectivity index (χ1n) is 6.75. The maximum absolute atomic E-state index is 11.8. The second-order valence-electron chi connectivity index (χ2n) is 4.92. The SMILES string of the molecule is CCC(CC1CCCCC1)C(=O)NCCN.Cl. The Morgan fingerprint density at radius 2 is 2.00 bits per heavy atom. The number of nitrogens with one attached hydrogen (secondary N) is 1. The van der Waals surface area contributed by atoms with Gasteiger partial charge in [-0.05, 0) is 18.8 Å². The van der Waals surface area contributed by atoms with Gasteiger partial charge in [0, 0.05) is 19.0 Å². The Morgan fingerprint density at radius 1 is 1.35 bits per heavy atom. The van der Waals surface area contributed by atoms with Crippen LogP contribution in [0, 0.1) is 11.8 Å². The maximum Gasteiger partial charge on any atom is 0.223 e. The number of rotatable bonds is 6. The van der Waals surface area contributed by atoms with Crippen LogP contribution in [-0.4, -0.2) is 19.0 Å². The van der Waals surface area contributed by atoms with Crippen LogP contribution < -0.4 is 11.1 Å². The molecule has 0 radical (unpaired) electrons. The van der Waals surface area contributed by atoms with Gasteiger partial charge in [-0.2, -0.15) is 0 Å². The average Bonchev–Trinajstić information content (AvgIpc) is 2.34. The van der Waals surface area contributed by atoms with Gasteiger partial charge in [-0.15, -0.1) is 12.4 Å². The molecule has 3 nitrogen and oxygen atoms in total. The lowest BCUT2D eigenvalue weighted by molar-refractivity contribution is -0.125. The first kappa shape index (κ1) is 16.7. The van der Waals surface area contributed by atoms with Gasteiger partial charge >= 0.3 is 0 Å². The summed E-state index contributed by atoms with van der Waals surface area (Å²) in [4.78, 5) is 11.8. The Bertz CT molecular complexity index is 206. The van der Waals surface area contributed by atoms with E-state index in [2.05, 4.69) is 12.2 Å². The minimum atomic E-state index is 0. The van der Waals surface area contributed by atoms with Crippen molar-refractivity contribution in [2.75, 3.05) is 13.1 Å². The van der Waals surface area contributed by atoms with E-state index in [4.69, 9.17) is 5.73 Å². The number of carbonyl (C=O) groups is 1. The molecular formula is C13H27ClN2O. The van der Waals surface area contributed by atoms with Crippen LogP contribution in [0.15, 0.2) is 0 Å². The van der Waals surface area contributed by atoms with Gasteiger partial charge in [0.05, 0.1) is 0 Å². The molecule has 1 fully saturated rings. The molecule has 1 atom stereocenters. The lowest BCUT2D eigenvalue weighted by Gasteiger charge is -2.25. The molecule has 1 aliphatic rings. The van der Waals surface area contributed by atoms with Crippen molar-refractivity contribution in [3.8, 4) is 0 Å². The summed E-state index contributed by atoms with van der Waals surface area (Å²) in [6, 6.07) is 0. The number of halogens is 1. The predicted octanol–water partition coefficient (Wildman–Crippen LogP) is 2.48. The smallest absolute Gasteiger partial charge is 0.223 e. The van der Waals surface area contributed by atoms with Crippen molar-refractivity contribution in [1.82, 2.24) is 5.32 Å². The van der Waals surface area contributed by atoms with Gasteiger partial charge in [0.25, 0.3) is 0 Å². The normalized spacial score (nSPS) is 18.2. The molecular weight excluding hydrogens is 236 g/mol. The number of carbonyl (C=O) groups excluding carboxylic acids is 1. The van der Waals surface area contributed by atoms with Gasteiger partial charge in [-0.1, -0.05) is 39.0 Å². The molecule has 0 aromatic rings. The Kier molecular flexibility index (Phi) is 9.56. The molecule has 1 rings (SSSR count). The highest BCUT2D eigenvalue weighted by Gasteiger charge is 2.22. The molecule has 0 spiro atoms. The van der Waals surface area contributed by atoms with Crippen LogP contribution in [0.2, 0.25) is 0 Å². The molecule has 0 heterocycles. The van der Waals surface area contributed by atoms with Crippen molar-refractivity contribution in [3.63, 3.8) is 0 Å². The van der Waals surface area contributed by atoms with E-state index in [0.29, 0.717) is 13.1 Å². The van der Waals surface area contributed by atoms with Crippen LogP contribution in [0.5, 0.6) is 0 Å². The molecule has 1 unspecified atom stereocenters. The van der Waals surface area contributed by atoms with E-state index >= 15 is 0 Å². The first-order valence-corrected chi connectivity index (χ1v) is 6.75. The second-order valence-corrected chi connectivity index (χ2v) is 4.92. The van der Waals surface area contributed by atoms with Crippen LogP contribution in [0.4, 0.5) is 0 Å². The van der Waals surface area contributed by atoms with Gasteiger partial charge in [-0.25, -0.2) is 0 Å². The van der Waals surface area contributed by atoms with E-state index in [1.165, 1.54) is 32.1 Å². The first-order chi connectivity index (χ1) is 7.77. The van der Waals surface area contributed by atoms with Crippen molar-refractivity contribution in [3.05, 3.63) is 0 Å². The van der Waals surface area contributed by atoms with Crippen molar-refractivity contribution < 1.29 is 4.79 Å². The summed E-state index contributed by atoms with van der Waals surface area (Å²) in [6.07, 6.45) is 8.75. The molecule has 4 heteroatoms.